The van der Waals surface area contributed by atoms with E-state index in [0.717, 1.165) is 0 Å². The second-order valence-corrected chi connectivity index (χ2v) is 5.08. The molecule has 2 rings (SSSR count). The van der Waals surface area contributed by atoms with Crippen molar-refractivity contribution in [1.29, 1.82) is 0 Å². The molecule has 2 N–H and O–H groups in total. The zero-order valence-corrected chi connectivity index (χ0v) is 11.3. The topological polar surface area (TPSA) is 95.7 Å². The van der Waals surface area contributed by atoms with Crippen LogP contribution >= 0.6 is 11.6 Å². The number of halogens is 1. The second kappa shape index (κ2) is 6.17. The van der Waals surface area contributed by atoms with Crippen molar-refractivity contribution >= 4 is 28.9 Å². The van der Waals surface area contributed by atoms with Crippen LogP contribution in [0.25, 0.3) is 0 Å². The van der Waals surface area contributed by atoms with Crippen molar-refractivity contribution in [3.05, 3.63) is 33.3 Å². The van der Waals surface area contributed by atoms with E-state index >= 15 is 0 Å². The highest BCUT2D eigenvalue weighted by molar-refractivity contribution is 6.31. The number of nitrogens with one attached hydrogen (secondary N) is 1. The predicted octanol–water partition coefficient (Wildman–Crippen LogP) is 1.25. The number of β-amino-alcohol motifs (C(OH)–C–C–N with tert-alkyl or cyclic N) is 1. The van der Waals surface area contributed by atoms with Crippen molar-refractivity contribution in [1.82, 2.24) is 4.90 Å². The van der Waals surface area contributed by atoms with Gasteiger partial charge in [0, 0.05) is 24.2 Å². The highest BCUT2D eigenvalue weighted by atomic mass is 35.5. The molecule has 1 atom stereocenters. The molecule has 0 unspecified atom stereocenters. The number of likely N-dealkylation sites (tertiary alicyclic amines) is 1. The number of carbonyl (C=O) groups is 1. The van der Waals surface area contributed by atoms with Crippen LogP contribution in [0.5, 0.6) is 0 Å². The van der Waals surface area contributed by atoms with Crippen molar-refractivity contribution in [2.24, 2.45) is 0 Å². The Bertz CT molecular complexity index is 537. The molecule has 0 aliphatic carbocycles. The molecule has 8 heteroatoms. The number of aliphatic hydroxyl groups excluding tert-OH is 1. The molecular weight excluding hydrogens is 286 g/mol. The number of nitrogens with zero attached hydrogens (tertiary/aromatic N) is 2. The van der Waals surface area contributed by atoms with Gasteiger partial charge in [-0.2, -0.15) is 0 Å². The molecule has 0 bridgehead atoms. The first kappa shape index (κ1) is 14.7. The monoisotopic (exact) mass is 299 g/mol. The van der Waals surface area contributed by atoms with Gasteiger partial charge < -0.3 is 10.4 Å². The third kappa shape index (κ3) is 3.66. The number of rotatable bonds is 4. The fourth-order valence-corrected chi connectivity index (χ4v) is 2.28. The molecule has 0 aromatic heterocycles. The van der Waals surface area contributed by atoms with Gasteiger partial charge in [0.2, 0.25) is 5.91 Å². The van der Waals surface area contributed by atoms with E-state index in [4.69, 9.17) is 11.6 Å². The van der Waals surface area contributed by atoms with Crippen LogP contribution in [0.4, 0.5) is 11.4 Å². The first-order chi connectivity index (χ1) is 9.45. The highest BCUT2D eigenvalue weighted by Crippen LogP contribution is 2.27. The molecule has 108 valence electrons. The summed E-state index contributed by atoms with van der Waals surface area (Å²) < 4.78 is 0. The molecule has 1 aliphatic heterocycles. The summed E-state index contributed by atoms with van der Waals surface area (Å²) in [6, 6.07) is 4.07. The number of aliphatic hydroxyl groups is 1. The average molecular weight is 300 g/mol. The van der Waals surface area contributed by atoms with E-state index in [9.17, 15) is 20.0 Å². The summed E-state index contributed by atoms with van der Waals surface area (Å²) in [6.07, 6.45) is 0.224. The Kier molecular flexibility index (Phi) is 4.53. The van der Waals surface area contributed by atoms with Crippen molar-refractivity contribution in [2.45, 2.75) is 12.5 Å². The van der Waals surface area contributed by atoms with E-state index in [-0.39, 0.29) is 28.8 Å². The quantitative estimate of drug-likeness (QED) is 0.644. The summed E-state index contributed by atoms with van der Waals surface area (Å²) in [5.41, 5.74) is -0.128. The lowest BCUT2D eigenvalue weighted by Gasteiger charge is -2.14. The van der Waals surface area contributed by atoms with Gasteiger partial charge in [0.1, 0.15) is 5.69 Å². The van der Waals surface area contributed by atoms with Gasteiger partial charge in [-0.05, 0) is 18.6 Å². The van der Waals surface area contributed by atoms with Gasteiger partial charge in [-0.15, -0.1) is 0 Å². The Morgan fingerprint density at radius 3 is 2.95 bits per heavy atom. The summed E-state index contributed by atoms with van der Waals surface area (Å²) in [6.45, 7) is 1.17. The molecule has 0 saturated carbocycles. The number of anilines is 1. The Morgan fingerprint density at radius 1 is 1.60 bits per heavy atom. The number of carbonyl (C=O) groups excluding carboxylic acids is 1. The van der Waals surface area contributed by atoms with E-state index in [2.05, 4.69) is 5.32 Å². The van der Waals surface area contributed by atoms with Gasteiger partial charge >= 0.3 is 0 Å². The standard InChI is InChI=1S/C12H14ClN3O4/c13-8-1-2-10(11(5-8)16(19)20)14-12(18)7-15-4-3-9(17)6-15/h1-2,5,9,17H,3-4,6-7H2,(H,14,18)/t9-/m0/s1. The summed E-state index contributed by atoms with van der Waals surface area (Å²) >= 11 is 5.70. The lowest BCUT2D eigenvalue weighted by atomic mass is 10.2. The molecule has 1 aliphatic rings. The number of nitro benzene ring substituents is 1. The highest BCUT2D eigenvalue weighted by Gasteiger charge is 2.23. The maximum Gasteiger partial charge on any atom is 0.294 e. The zero-order chi connectivity index (χ0) is 14.7. The van der Waals surface area contributed by atoms with Crippen molar-refractivity contribution in [3.8, 4) is 0 Å². The SMILES string of the molecule is O=C(CN1CC[C@H](O)C1)Nc1ccc(Cl)cc1[N+](=O)[O-]. The molecule has 1 saturated heterocycles. The molecular formula is C12H14ClN3O4. The van der Waals surface area contributed by atoms with Gasteiger partial charge in [0.25, 0.3) is 5.69 Å². The van der Waals surface area contributed by atoms with Crippen LogP contribution in [0.1, 0.15) is 6.42 Å². The first-order valence-electron chi connectivity index (χ1n) is 6.10. The third-order valence-corrected chi connectivity index (χ3v) is 3.28. The number of hydrogen-bond donors (Lipinski definition) is 2. The molecule has 7 nitrogen and oxygen atoms in total. The zero-order valence-electron chi connectivity index (χ0n) is 10.6. The molecule has 1 amide bonds. The minimum Gasteiger partial charge on any atom is -0.392 e. The van der Waals surface area contributed by atoms with E-state index < -0.39 is 11.0 Å². The smallest absolute Gasteiger partial charge is 0.294 e. The Morgan fingerprint density at radius 2 is 2.35 bits per heavy atom. The molecule has 0 spiro atoms. The normalized spacial score (nSPS) is 19.0. The van der Waals surface area contributed by atoms with Crippen LogP contribution in [-0.2, 0) is 4.79 Å². The Hall–Kier alpha value is -1.70. The van der Waals surface area contributed by atoms with Crippen LogP contribution in [0.15, 0.2) is 18.2 Å². The van der Waals surface area contributed by atoms with Crippen LogP contribution < -0.4 is 5.32 Å². The van der Waals surface area contributed by atoms with Gasteiger partial charge in [-0.1, -0.05) is 11.6 Å². The van der Waals surface area contributed by atoms with Crippen LogP contribution in [0, 0.1) is 10.1 Å². The number of nitro groups is 1. The van der Waals surface area contributed by atoms with Gasteiger partial charge in [0.15, 0.2) is 0 Å². The largest absolute Gasteiger partial charge is 0.392 e. The minimum atomic E-state index is -0.596. The second-order valence-electron chi connectivity index (χ2n) is 4.64. The van der Waals surface area contributed by atoms with Crippen LogP contribution in [-0.4, -0.2) is 46.6 Å². The number of benzene rings is 1. The lowest BCUT2D eigenvalue weighted by Crippen LogP contribution is -2.32. The molecule has 1 aromatic carbocycles. The van der Waals surface area contributed by atoms with Crippen molar-refractivity contribution in [3.63, 3.8) is 0 Å². The van der Waals surface area contributed by atoms with E-state index in [0.29, 0.717) is 19.5 Å². The Labute approximate surface area is 120 Å². The predicted molar refractivity (Wildman–Crippen MR) is 73.8 cm³/mol. The minimum absolute atomic E-state index is 0.0941. The number of amides is 1. The third-order valence-electron chi connectivity index (χ3n) is 3.05. The molecule has 1 aromatic rings. The summed E-state index contributed by atoms with van der Waals surface area (Å²) in [5.74, 6) is -0.357. The van der Waals surface area contributed by atoms with Gasteiger partial charge in [-0.25, -0.2) is 0 Å². The van der Waals surface area contributed by atoms with Crippen LogP contribution in [0.3, 0.4) is 0 Å². The lowest BCUT2D eigenvalue weighted by molar-refractivity contribution is -0.383. The fraction of sp³-hybridized carbons (Fsp3) is 0.417. The maximum absolute atomic E-state index is 11.8. The summed E-state index contributed by atoms with van der Waals surface area (Å²) in [4.78, 5) is 23.9. The van der Waals surface area contributed by atoms with E-state index in [1.807, 2.05) is 0 Å². The summed E-state index contributed by atoms with van der Waals surface area (Å²) in [7, 11) is 0. The summed E-state index contributed by atoms with van der Waals surface area (Å²) in [5, 5.41) is 23.0. The Balaban J connectivity index is 2.02. The van der Waals surface area contributed by atoms with Crippen molar-refractivity contribution < 1.29 is 14.8 Å². The van der Waals surface area contributed by atoms with Gasteiger partial charge in [-0.3, -0.25) is 19.8 Å². The van der Waals surface area contributed by atoms with Crippen molar-refractivity contribution in [2.75, 3.05) is 25.0 Å². The number of hydrogen-bond acceptors (Lipinski definition) is 5. The van der Waals surface area contributed by atoms with E-state index in [1.165, 1.54) is 18.2 Å². The average Bonchev–Trinajstić information content (AvgIpc) is 2.76. The molecule has 1 fully saturated rings. The molecule has 20 heavy (non-hydrogen) atoms. The van der Waals surface area contributed by atoms with E-state index in [1.54, 1.807) is 4.90 Å². The van der Waals surface area contributed by atoms with Gasteiger partial charge in [0.05, 0.1) is 17.6 Å². The molecule has 1 heterocycles. The van der Waals surface area contributed by atoms with Crippen LogP contribution in [0.2, 0.25) is 5.02 Å². The maximum atomic E-state index is 11.8. The first-order valence-corrected chi connectivity index (χ1v) is 6.47. The fourth-order valence-electron chi connectivity index (χ4n) is 2.11. The molecule has 0 radical (unpaired) electrons.